The molecule has 1 aliphatic rings. The van der Waals surface area contributed by atoms with Crippen LogP contribution < -0.4 is 15.4 Å². The van der Waals surface area contributed by atoms with Gasteiger partial charge in [0.2, 0.25) is 5.88 Å². The molecule has 0 spiro atoms. The number of nitrogens with zero attached hydrogens (tertiary/aromatic N) is 2. The van der Waals surface area contributed by atoms with E-state index in [0.717, 1.165) is 63.2 Å². The number of hydrogen-bond donors (Lipinski definition) is 2. The molecule has 0 unspecified atom stereocenters. The number of aliphatic imine (C=N–C) groups is 1. The number of rotatable bonds is 12. The van der Waals surface area contributed by atoms with Gasteiger partial charge in [0.1, 0.15) is 0 Å². The number of unbranched alkanes of at least 4 members (excludes halogenated alkanes) is 1. The Kier molecular flexibility index (Phi) is 12.4. The van der Waals surface area contributed by atoms with Gasteiger partial charge in [0, 0.05) is 38.6 Å². The van der Waals surface area contributed by atoms with Crippen LogP contribution in [0.3, 0.4) is 0 Å². The van der Waals surface area contributed by atoms with Crippen LogP contribution in [0.5, 0.6) is 5.88 Å². The fourth-order valence-electron chi connectivity index (χ4n) is 2.27. The first-order valence-electron chi connectivity index (χ1n) is 9.49. The zero-order chi connectivity index (χ0) is 17.7. The van der Waals surface area contributed by atoms with Gasteiger partial charge in [-0.05, 0) is 51.0 Å². The van der Waals surface area contributed by atoms with Gasteiger partial charge in [0.05, 0.1) is 13.2 Å². The molecule has 1 aromatic heterocycles. The molecule has 0 radical (unpaired) electrons. The van der Waals surface area contributed by atoms with Crippen LogP contribution in [0.1, 0.15) is 45.1 Å². The van der Waals surface area contributed by atoms with Gasteiger partial charge in [-0.2, -0.15) is 0 Å². The molecule has 1 aromatic rings. The molecule has 0 aliphatic heterocycles. The van der Waals surface area contributed by atoms with E-state index in [9.17, 15) is 0 Å². The summed E-state index contributed by atoms with van der Waals surface area (Å²) < 4.78 is 11.0. The number of nitrogens with one attached hydrogen (secondary N) is 2. The van der Waals surface area contributed by atoms with Gasteiger partial charge in [0.15, 0.2) is 5.96 Å². The minimum atomic E-state index is 0. The van der Waals surface area contributed by atoms with Crippen molar-refractivity contribution in [3.05, 3.63) is 23.9 Å². The number of pyridine rings is 1. The lowest BCUT2D eigenvalue weighted by Gasteiger charge is -2.11. The molecule has 2 rings (SSSR count). The molecule has 1 fully saturated rings. The van der Waals surface area contributed by atoms with E-state index >= 15 is 0 Å². The Balaban J connectivity index is 0.00000338. The quantitative estimate of drug-likeness (QED) is 0.210. The topological polar surface area (TPSA) is 67.8 Å². The Labute approximate surface area is 174 Å². The zero-order valence-electron chi connectivity index (χ0n) is 16.0. The number of guanidine groups is 1. The van der Waals surface area contributed by atoms with Gasteiger partial charge < -0.3 is 20.1 Å². The highest BCUT2D eigenvalue weighted by molar-refractivity contribution is 14.0. The summed E-state index contributed by atoms with van der Waals surface area (Å²) >= 11 is 0. The van der Waals surface area contributed by atoms with E-state index < -0.39 is 0 Å². The van der Waals surface area contributed by atoms with Gasteiger partial charge >= 0.3 is 0 Å². The van der Waals surface area contributed by atoms with Crippen LogP contribution in [0, 0.1) is 5.92 Å². The van der Waals surface area contributed by atoms with Crippen LogP contribution in [-0.4, -0.2) is 43.9 Å². The molecule has 0 bridgehead atoms. The fourth-order valence-corrected chi connectivity index (χ4v) is 2.27. The first-order valence-corrected chi connectivity index (χ1v) is 9.49. The average molecular weight is 476 g/mol. The highest BCUT2D eigenvalue weighted by Gasteiger charge is 2.21. The molecule has 0 atom stereocenters. The van der Waals surface area contributed by atoms with Crippen molar-refractivity contribution in [3.63, 3.8) is 0 Å². The molecule has 7 heteroatoms. The summed E-state index contributed by atoms with van der Waals surface area (Å²) in [5.41, 5.74) is 1.08. The number of halogens is 1. The maximum absolute atomic E-state index is 5.66. The van der Waals surface area contributed by atoms with E-state index in [1.807, 2.05) is 25.3 Å². The molecular formula is C19H33IN4O2. The standard InChI is InChI=1S/C19H32N4O2.HI/c1-3-20-19(21-11-5-6-12-24-4-2)23-14-17-9-10-18(22-13-17)25-15-16-7-8-16;/h9-10,13,16H,3-8,11-12,14-15H2,1-2H3,(H2,20,21,23);1H. The normalized spacial score (nSPS) is 13.8. The summed E-state index contributed by atoms with van der Waals surface area (Å²) in [6.45, 7) is 8.84. The van der Waals surface area contributed by atoms with Gasteiger partial charge in [-0.15, -0.1) is 24.0 Å². The molecule has 148 valence electrons. The van der Waals surface area contributed by atoms with Crippen molar-refractivity contribution >= 4 is 29.9 Å². The number of aromatic nitrogens is 1. The first-order chi connectivity index (χ1) is 12.3. The van der Waals surface area contributed by atoms with Crippen LogP contribution in [0.25, 0.3) is 0 Å². The Morgan fingerprint density at radius 3 is 2.73 bits per heavy atom. The maximum atomic E-state index is 5.66. The third kappa shape index (κ3) is 10.2. The maximum Gasteiger partial charge on any atom is 0.213 e. The van der Waals surface area contributed by atoms with Gasteiger partial charge in [-0.1, -0.05) is 6.07 Å². The van der Waals surface area contributed by atoms with E-state index in [2.05, 4.69) is 27.5 Å². The fraction of sp³-hybridized carbons (Fsp3) is 0.684. The SMILES string of the molecule is CCNC(=NCc1ccc(OCC2CC2)nc1)NCCCCOCC.I. The van der Waals surface area contributed by atoms with Crippen molar-refractivity contribution in [3.8, 4) is 5.88 Å². The molecule has 6 nitrogen and oxygen atoms in total. The minimum absolute atomic E-state index is 0. The summed E-state index contributed by atoms with van der Waals surface area (Å²) in [5, 5.41) is 6.63. The van der Waals surface area contributed by atoms with E-state index in [-0.39, 0.29) is 24.0 Å². The second-order valence-electron chi connectivity index (χ2n) is 6.29. The molecule has 0 aromatic carbocycles. The highest BCUT2D eigenvalue weighted by atomic mass is 127. The Bertz CT molecular complexity index is 507. The van der Waals surface area contributed by atoms with Crippen molar-refractivity contribution in [2.45, 2.75) is 46.1 Å². The summed E-state index contributed by atoms with van der Waals surface area (Å²) in [5.74, 6) is 2.29. The first kappa shape index (κ1) is 23.0. The van der Waals surface area contributed by atoms with Crippen molar-refractivity contribution < 1.29 is 9.47 Å². The van der Waals surface area contributed by atoms with Crippen LogP contribution >= 0.6 is 24.0 Å². The van der Waals surface area contributed by atoms with E-state index in [0.29, 0.717) is 12.4 Å². The molecule has 1 heterocycles. The summed E-state index contributed by atoms with van der Waals surface area (Å²) in [7, 11) is 0. The summed E-state index contributed by atoms with van der Waals surface area (Å²) in [4.78, 5) is 8.97. The van der Waals surface area contributed by atoms with Crippen LogP contribution in [-0.2, 0) is 11.3 Å². The minimum Gasteiger partial charge on any atom is -0.477 e. The van der Waals surface area contributed by atoms with Crippen LogP contribution in [0.4, 0.5) is 0 Å². The van der Waals surface area contributed by atoms with Crippen molar-refractivity contribution in [1.82, 2.24) is 15.6 Å². The second kappa shape index (κ2) is 14.0. The Morgan fingerprint density at radius 1 is 1.23 bits per heavy atom. The van der Waals surface area contributed by atoms with E-state index in [1.165, 1.54) is 12.8 Å². The largest absolute Gasteiger partial charge is 0.477 e. The van der Waals surface area contributed by atoms with Crippen molar-refractivity contribution in [2.75, 3.05) is 32.9 Å². The highest BCUT2D eigenvalue weighted by Crippen LogP contribution is 2.29. The molecule has 26 heavy (non-hydrogen) atoms. The third-order valence-corrected chi connectivity index (χ3v) is 3.94. The predicted molar refractivity (Wildman–Crippen MR) is 116 cm³/mol. The number of hydrogen-bond acceptors (Lipinski definition) is 4. The summed E-state index contributed by atoms with van der Waals surface area (Å²) in [6, 6.07) is 3.96. The van der Waals surface area contributed by atoms with Gasteiger partial charge in [-0.25, -0.2) is 9.98 Å². The number of ether oxygens (including phenoxy) is 2. The molecule has 0 amide bonds. The average Bonchev–Trinajstić information content (AvgIpc) is 3.46. The Morgan fingerprint density at radius 2 is 2.08 bits per heavy atom. The second-order valence-corrected chi connectivity index (χ2v) is 6.29. The molecule has 1 aliphatic carbocycles. The monoisotopic (exact) mass is 476 g/mol. The molecule has 2 N–H and O–H groups in total. The predicted octanol–water partition coefficient (Wildman–Crippen LogP) is 3.36. The van der Waals surface area contributed by atoms with Crippen LogP contribution in [0.15, 0.2) is 23.3 Å². The molecular weight excluding hydrogens is 443 g/mol. The third-order valence-electron chi connectivity index (χ3n) is 3.94. The summed E-state index contributed by atoms with van der Waals surface area (Å²) in [6.07, 6.45) is 6.56. The van der Waals surface area contributed by atoms with Crippen LogP contribution in [0.2, 0.25) is 0 Å². The molecule has 1 saturated carbocycles. The lowest BCUT2D eigenvalue weighted by Crippen LogP contribution is -2.37. The lowest BCUT2D eigenvalue weighted by atomic mass is 10.3. The van der Waals surface area contributed by atoms with Gasteiger partial charge in [0.25, 0.3) is 0 Å². The van der Waals surface area contributed by atoms with E-state index in [4.69, 9.17) is 9.47 Å². The van der Waals surface area contributed by atoms with Crippen molar-refractivity contribution in [2.24, 2.45) is 10.9 Å². The lowest BCUT2D eigenvalue weighted by molar-refractivity contribution is 0.143. The van der Waals surface area contributed by atoms with Gasteiger partial charge in [-0.3, -0.25) is 0 Å². The smallest absolute Gasteiger partial charge is 0.213 e. The van der Waals surface area contributed by atoms with Crippen molar-refractivity contribution in [1.29, 1.82) is 0 Å². The zero-order valence-corrected chi connectivity index (χ0v) is 18.3. The molecule has 0 saturated heterocycles. The van der Waals surface area contributed by atoms with E-state index in [1.54, 1.807) is 0 Å². The Hall–Kier alpha value is -1.09.